The Balaban J connectivity index is 1.83. The van der Waals surface area contributed by atoms with Gasteiger partial charge in [0.25, 0.3) is 0 Å². The Morgan fingerprint density at radius 3 is 2.46 bits per heavy atom. The molecule has 0 aromatic heterocycles. The van der Waals surface area contributed by atoms with Gasteiger partial charge in [-0.05, 0) is 44.1 Å². The monoisotopic (exact) mass is 354 g/mol. The minimum absolute atomic E-state index is 0.119. The number of nitrogens with zero attached hydrogens (tertiary/aromatic N) is 2. The molecule has 0 radical (unpaired) electrons. The van der Waals surface area contributed by atoms with E-state index >= 15 is 0 Å². The molecule has 0 bridgehead atoms. The minimum Gasteiger partial charge on any atom is -0.504 e. The second-order valence-electron chi connectivity index (χ2n) is 6.39. The van der Waals surface area contributed by atoms with Crippen LogP contribution in [0.15, 0.2) is 47.5 Å². The maximum Gasteiger partial charge on any atom is 0.166 e. The molecule has 3 rings (SSSR count). The van der Waals surface area contributed by atoms with E-state index in [0.29, 0.717) is 17.9 Å². The number of para-hydroxylation sites is 2. The first-order valence-electron chi connectivity index (χ1n) is 8.97. The SMILES string of the molecule is COc1ccccc1[C@@H](CN=Cc1cccc(OC)c1O)N1CCCC1. The molecule has 5 nitrogen and oxygen atoms in total. The second-order valence-corrected chi connectivity index (χ2v) is 6.39. The van der Waals surface area contributed by atoms with Crippen LogP contribution in [0.5, 0.6) is 17.2 Å². The molecule has 1 aliphatic heterocycles. The van der Waals surface area contributed by atoms with Crippen LogP contribution in [0.3, 0.4) is 0 Å². The third-order valence-corrected chi connectivity index (χ3v) is 4.84. The largest absolute Gasteiger partial charge is 0.504 e. The number of phenols is 1. The normalized spacial score (nSPS) is 16.1. The number of aliphatic imine (C=N–C) groups is 1. The van der Waals surface area contributed by atoms with Crippen molar-refractivity contribution >= 4 is 6.21 Å². The third kappa shape index (κ3) is 3.99. The fraction of sp³-hybridized carbons (Fsp3) is 0.381. The highest BCUT2D eigenvalue weighted by atomic mass is 16.5. The Kier molecular flexibility index (Phi) is 6.12. The van der Waals surface area contributed by atoms with Gasteiger partial charge >= 0.3 is 0 Å². The summed E-state index contributed by atoms with van der Waals surface area (Å²) in [5, 5.41) is 10.2. The summed E-state index contributed by atoms with van der Waals surface area (Å²) >= 11 is 0. The maximum absolute atomic E-state index is 10.2. The van der Waals surface area contributed by atoms with Gasteiger partial charge in [0, 0.05) is 17.3 Å². The Morgan fingerprint density at radius 2 is 1.73 bits per heavy atom. The number of methoxy groups -OCH3 is 2. The second kappa shape index (κ2) is 8.72. The van der Waals surface area contributed by atoms with Crippen LogP contribution >= 0.6 is 0 Å². The number of hydrogen-bond donors (Lipinski definition) is 1. The van der Waals surface area contributed by atoms with Crippen molar-refractivity contribution in [2.75, 3.05) is 33.9 Å². The molecule has 1 N–H and O–H groups in total. The van der Waals surface area contributed by atoms with E-state index in [1.165, 1.54) is 12.8 Å². The van der Waals surface area contributed by atoms with Crippen LogP contribution in [0, 0.1) is 0 Å². The molecule has 26 heavy (non-hydrogen) atoms. The first-order valence-corrected chi connectivity index (χ1v) is 8.97. The smallest absolute Gasteiger partial charge is 0.166 e. The van der Waals surface area contributed by atoms with Crippen LogP contribution in [-0.2, 0) is 0 Å². The predicted molar refractivity (Wildman–Crippen MR) is 104 cm³/mol. The van der Waals surface area contributed by atoms with Crippen LogP contribution in [0.4, 0.5) is 0 Å². The zero-order valence-electron chi connectivity index (χ0n) is 15.4. The van der Waals surface area contributed by atoms with Crippen LogP contribution in [-0.4, -0.2) is 50.1 Å². The lowest BCUT2D eigenvalue weighted by Crippen LogP contribution is -2.28. The number of benzene rings is 2. The summed E-state index contributed by atoms with van der Waals surface area (Å²) in [6.07, 6.45) is 4.15. The van der Waals surface area contributed by atoms with Gasteiger partial charge in [0.05, 0.1) is 26.8 Å². The van der Waals surface area contributed by atoms with Crippen LogP contribution in [0.2, 0.25) is 0 Å². The van der Waals surface area contributed by atoms with Gasteiger partial charge in [-0.15, -0.1) is 0 Å². The predicted octanol–water partition coefficient (Wildman–Crippen LogP) is 3.67. The fourth-order valence-electron chi connectivity index (χ4n) is 3.46. The molecular formula is C21H26N2O3. The summed E-state index contributed by atoms with van der Waals surface area (Å²) in [5.41, 5.74) is 1.81. The number of hydrogen-bond acceptors (Lipinski definition) is 5. The van der Waals surface area contributed by atoms with Gasteiger partial charge in [-0.3, -0.25) is 9.89 Å². The maximum atomic E-state index is 10.2. The van der Waals surface area contributed by atoms with Gasteiger partial charge in [-0.1, -0.05) is 24.3 Å². The Labute approximate surface area is 154 Å². The van der Waals surface area contributed by atoms with Crippen molar-refractivity contribution in [3.05, 3.63) is 53.6 Å². The summed E-state index contributed by atoms with van der Waals surface area (Å²) in [6.45, 7) is 2.75. The van der Waals surface area contributed by atoms with Gasteiger partial charge in [0.1, 0.15) is 5.75 Å². The van der Waals surface area contributed by atoms with Gasteiger partial charge < -0.3 is 14.6 Å². The highest BCUT2D eigenvalue weighted by molar-refractivity contribution is 5.84. The van der Waals surface area contributed by atoms with E-state index in [0.717, 1.165) is 24.4 Å². The molecule has 1 aliphatic rings. The molecule has 1 saturated heterocycles. The van der Waals surface area contributed by atoms with E-state index in [1.807, 2.05) is 30.3 Å². The van der Waals surface area contributed by atoms with Crippen LogP contribution < -0.4 is 9.47 Å². The van der Waals surface area contributed by atoms with E-state index in [1.54, 1.807) is 26.5 Å². The number of phenolic OH excluding ortho intramolecular Hbond substituents is 1. The molecule has 138 valence electrons. The number of aromatic hydroxyl groups is 1. The summed E-state index contributed by atoms with van der Waals surface area (Å²) in [7, 11) is 3.25. The average Bonchev–Trinajstić information content (AvgIpc) is 3.21. The lowest BCUT2D eigenvalue weighted by molar-refractivity contribution is 0.246. The highest BCUT2D eigenvalue weighted by Gasteiger charge is 2.25. The van der Waals surface area contributed by atoms with Crippen molar-refractivity contribution in [1.82, 2.24) is 4.90 Å². The molecular weight excluding hydrogens is 328 g/mol. The first kappa shape index (κ1) is 18.3. The molecule has 0 aliphatic carbocycles. The van der Waals surface area contributed by atoms with Crippen molar-refractivity contribution in [2.45, 2.75) is 18.9 Å². The third-order valence-electron chi connectivity index (χ3n) is 4.84. The molecule has 1 atom stereocenters. The molecule has 1 heterocycles. The van der Waals surface area contributed by atoms with Crippen LogP contribution in [0.25, 0.3) is 0 Å². The van der Waals surface area contributed by atoms with Crippen molar-refractivity contribution in [1.29, 1.82) is 0 Å². The molecule has 2 aromatic carbocycles. The summed E-state index contributed by atoms with van der Waals surface area (Å²) in [5.74, 6) is 1.47. The molecule has 1 fully saturated rings. The zero-order valence-corrected chi connectivity index (χ0v) is 15.4. The van der Waals surface area contributed by atoms with E-state index in [4.69, 9.17) is 9.47 Å². The molecule has 0 spiro atoms. The zero-order chi connectivity index (χ0) is 18.4. The van der Waals surface area contributed by atoms with Crippen LogP contribution in [0.1, 0.15) is 30.0 Å². The van der Waals surface area contributed by atoms with Gasteiger partial charge in [-0.25, -0.2) is 0 Å². The van der Waals surface area contributed by atoms with Crippen molar-refractivity contribution < 1.29 is 14.6 Å². The molecule has 2 aromatic rings. The molecule has 5 heteroatoms. The Hall–Kier alpha value is -2.53. The van der Waals surface area contributed by atoms with E-state index in [2.05, 4.69) is 16.0 Å². The van der Waals surface area contributed by atoms with E-state index < -0.39 is 0 Å². The topological polar surface area (TPSA) is 54.3 Å². The molecule has 0 amide bonds. The number of rotatable bonds is 7. The Morgan fingerprint density at radius 1 is 1.04 bits per heavy atom. The van der Waals surface area contributed by atoms with Gasteiger partial charge in [-0.2, -0.15) is 0 Å². The summed E-state index contributed by atoms with van der Waals surface area (Å²) in [4.78, 5) is 7.10. The molecule has 0 saturated carbocycles. The summed E-state index contributed by atoms with van der Waals surface area (Å²) < 4.78 is 10.7. The minimum atomic E-state index is 0.119. The number of likely N-dealkylation sites (tertiary alicyclic amines) is 1. The fourth-order valence-corrected chi connectivity index (χ4v) is 3.46. The van der Waals surface area contributed by atoms with E-state index in [-0.39, 0.29) is 11.8 Å². The lowest BCUT2D eigenvalue weighted by atomic mass is 10.0. The lowest BCUT2D eigenvalue weighted by Gasteiger charge is -2.27. The highest BCUT2D eigenvalue weighted by Crippen LogP contribution is 2.32. The average molecular weight is 354 g/mol. The first-order chi connectivity index (χ1) is 12.7. The van der Waals surface area contributed by atoms with E-state index in [9.17, 15) is 5.11 Å². The number of ether oxygens (including phenoxy) is 2. The van der Waals surface area contributed by atoms with Gasteiger partial charge in [0.2, 0.25) is 0 Å². The Bertz CT molecular complexity index is 755. The van der Waals surface area contributed by atoms with Crippen molar-refractivity contribution in [3.63, 3.8) is 0 Å². The standard InChI is InChI=1S/C21H26N2O3/c1-25-19-10-4-3-9-17(19)18(23-12-5-6-13-23)15-22-14-16-8-7-11-20(26-2)21(16)24/h3-4,7-11,14,18,24H,5-6,12-13,15H2,1-2H3/t18-/m1/s1. The van der Waals surface area contributed by atoms with Gasteiger partial charge in [0.15, 0.2) is 11.5 Å². The van der Waals surface area contributed by atoms with Crippen molar-refractivity contribution in [3.8, 4) is 17.2 Å². The summed E-state index contributed by atoms with van der Waals surface area (Å²) in [6, 6.07) is 13.7. The van der Waals surface area contributed by atoms with Crippen molar-refractivity contribution in [2.24, 2.45) is 4.99 Å². The molecule has 0 unspecified atom stereocenters. The quantitative estimate of drug-likeness (QED) is 0.771.